The van der Waals surface area contributed by atoms with Crippen LogP contribution in [0.2, 0.25) is 0 Å². The third-order valence-electron chi connectivity index (χ3n) is 1.64. The van der Waals surface area contributed by atoms with Crippen LogP contribution >= 0.6 is 0 Å². The molecule has 0 radical (unpaired) electrons. The molecular formula is C11H9FN2. The molecule has 0 fully saturated rings. The molecule has 0 atom stereocenters. The zero-order valence-electron chi connectivity index (χ0n) is 7.76. The third kappa shape index (κ3) is 2.50. The van der Waals surface area contributed by atoms with Gasteiger partial charge in [0.1, 0.15) is 5.82 Å². The molecule has 0 aromatic heterocycles. The number of hydrogen-bond donors (Lipinski definition) is 1. The lowest BCUT2D eigenvalue weighted by atomic mass is 10.2. The number of nitrogens with one attached hydrogen (secondary N) is 1. The maximum absolute atomic E-state index is 13.2. The number of nitriles is 1. The van der Waals surface area contributed by atoms with Crippen LogP contribution in [0, 0.1) is 29.0 Å². The summed E-state index contributed by atoms with van der Waals surface area (Å²) in [7, 11) is 0. The molecule has 1 aromatic carbocycles. The molecule has 0 amide bonds. The van der Waals surface area contributed by atoms with Gasteiger partial charge in [-0.05, 0) is 25.1 Å². The molecule has 3 heteroatoms. The van der Waals surface area contributed by atoms with E-state index in [9.17, 15) is 4.39 Å². The highest BCUT2D eigenvalue weighted by molar-refractivity contribution is 5.49. The lowest BCUT2D eigenvalue weighted by molar-refractivity contribution is 0.630. The average molecular weight is 188 g/mol. The van der Waals surface area contributed by atoms with E-state index in [4.69, 9.17) is 5.26 Å². The topological polar surface area (TPSA) is 35.8 Å². The first kappa shape index (κ1) is 10.1. The molecule has 70 valence electrons. The van der Waals surface area contributed by atoms with E-state index in [0.29, 0.717) is 17.8 Å². The van der Waals surface area contributed by atoms with Crippen LogP contribution < -0.4 is 5.32 Å². The Labute approximate surface area is 82.4 Å². The van der Waals surface area contributed by atoms with Crippen LogP contribution in [-0.4, -0.2) is 6.54 Å². The summed E-state index contributed by atoms with van der Waals surface area (Å²) in [6.07, 6.45) is 0. The second-order valence-corrected chi connectivity index (χ2v) is 2.59. The van der Waals surface area contributed by atoms with Crippen LogP contribution in [0.1, 0.15) is 12.5 Å². The second-order valence-electron chi connectivity index (χ2n) is 2.59. The third-order valence-corrected chi connectivity index (χ3v) is 1.64. The molecule has 0 saturated heterocycles. The molecule has 0 bridgehead atoms. The van der Waals surface area contributed by atoms with E-state index in [2.05, 4.69) is 17.2 Å². The minimum atomic E-state index is -0.429. The van der Waals surface area contributed by atoms with Gasteiger partial charge in [-0.1, -0.05) is 5.92 Å². The van der Waals surface area contributed by atoms with Crippen LogP contribution in [0.15, 0.2) is 18.2 Å². The van der Waals surface area contributed by atoms with Gasteiger partial charge in [-0.15, -0.1) is 5.92 Å². The van der Waals surface area contributed by atoms with Gasteiger partial charge in [-0.2, -0.15) is 5.26 Å². The van der Waals surface area contributed by atoms with Gasteiger partial charge in [-0.25, -0.2) is 4.39 Å². The number of rotatable bonds is 2. The lowest BCUT2D eigenvalue weighted by Gasteiger charge is -2.03. The maximum Gasteiger partial charge on any atom is 0.147 e. The van der Waals surface area contributed by atoms with Gasteiger partial charge >= 0.3 is 0 Å². The van der Waals surface area contributed by atoms with Gasteiger partial charge < -0.3 is 5.32 Å². The quantitative estimate of drug-likeness (QED) is 0.722. The highest BCUT2D eigenvalue weighted by atomic mass is 19.1. The molecule has 0 spiro atoms. The van der Waals surface area contributed by atoms with E-state index in [1.165, 1.54) is 12.1 Å². The van der Waals surface area contributed by atoms with Crippen molar-refractivity contribution in [3.8, 4) is 17.9 Å². The van der Waals surface area contributed by atoms with Crippen molar-refractivity contribution in [2.75, 3.05) is 11.9 Å². The predicted octanol–water partition coefficient (Wildman–Crippen LogP) is 2.13. The number of benzene rings is 1. The largest absolute Gasteiger partial charge is 0.372 e. The summed E-state index contributed by atoms with van der Waals surface area (Å²) in [6.45, 7) is 2.12. The van der Waals surface area contributed by atoms with Crippen molar-refractivity contribution in [2.45, 2.75) is 6.92 Å². The molecule has 1 rings (SSSR count). The standard InChI is InChI=1S/C11H9FN2/c1-2-3-6-14-11-5-4-9(8-13)7-10(11)12/h4-5,7,14H,6H2,1H3. The smallest absolute Gasteiger partial charge is 0.147 e. The Bertz CT molecular complexity index is 421. The first-order chi connectivity index (χ1) is 6.77. The van der Waals surface area contributed by atoms with E-state index in [1.807, 2.05) is 6.07 Å². The predicted molar refractivity (Wildman–Crippen MR) is 53.1 cm³/mol. The summed E-state index contributed by atoms with van der Waals surface area (Å²) < 4.78 is 13.2. The summed E-state index contributed by atoms with van der Waals surface area (Å²) in [6, 6.07) is 6.16. The second kappa shape index (κ2) is 4.89. The Morgan fingerprint density at radius 1 is 1.50 bits per heavy atom. The lowest BCUT2D eigenvalue weighted by Crippen LogP contribution is -2.01. The first-order valence-corrected chi connectivity index (χ1v) is 4.11. The minimum Gasteiger partial charge on any atom is -0.372 e. The van der Waals surface area contributed by atoms with E-state index < -0.39 is 5.82 Å². The Kier molecular flexibility index (Phi) is 3.52. The van der Waals surface area contributed by atoms with Crippen molar-refractivity contribution < 1.29 is 4.39 Å². The Hall–Kier alpha value is -2.00. The van der Waals surface area contributed by atoms with E-state index >= 15 is 0 Å². The Morgan fingerprint density at radius 3 is 2.86 bits per heavy atom. The molecule has 0 aliphatic carbocycles. The van der Waals surface area contributed by atoms with Gasteiger partial charge in [0.15, 0.2) is 0 Å². The SMILES string of the molecule is CC#CCNc1ccc(C#N)cc1F. The number of halogens is 1. The number of nitrogens with zero attached hydrogens (tertiary/aromatic N) is 1. The Balaban J connectivity index is 2.78. The van der Waals surface area contributed by atoms with Gasteiger partial charge in [0, 0.05) is 0 Å². The monoisotopic (exact) mass is 188 g/mol. The molecular weight excluding hydrogens is 179 g/mol. The van der Waals surface area contributed by atoms with Gasteiger partial charge in [0.2, 0.25) is 0 Å². The van der Waals surface area contributed by atoms with Crippen LogP contribution in [0.3, 0.4) is 0 Å². The van der Waals surface area contributed by atoms with Crippen molar-refractivity contribution in [3.63, 3.8) is 0 Å². The fourth-order valence-electron chi connectivity index (χ4n) is 0.956. The minimum absolute atomic E-state index is 0.314. The number of anilines is 1. The van der Waals surface area contributed by atoms with E-state index in [0.717, 1.165) is 0 Å². The molecule has 0 unspecified atom stereocenters. The van der Waals surface area contributed by atoms with Gasteiger partial charge in [0.25, 0.3) is 0 Å². The van der Waals surface area contributed by atoms with Gasteiger partial charge in [0.05, 0.1) is 23.9 Å². The van der Waals surface area contributed by atoms with Crippen LogP contribution in [0.25, 0.3) is 0 Å². The summed E-state index contributed by atoms with van der Waals surface area (Å²) >= 11 is 0. The Morgan fingerprint density at radius 2 is 2.29 bits per heavy atom. The molecule has 1 aromatic rings. The highest BCUT2D eigenvalue weighted by Crippen LogP contribution is 2.14. The maximum atomic E-state index is 13.2. The van der Waals surface area contributed by atoms with Crippen LogP contribution in [0.4, 0.5) is 10.1 Å². The zero-order chi connectivity index (χ0) is 10.4. The number of hydrogen-bond acceptors (Lipinski definition) is 2. The summed E-state index contributed by atoms with van der Waals surface area (Å²) in [5, 5.41) is 11.3. The molecule has 14 heavy (non-hydrogen) atoms. The molecule has 1 N–H and O–H groups in total. The van der Waals surface area contributed by atoms with Crippen molar-refractivity contribution in [3.05, 3.63) is 29.6 Å². The summed E-state index contributed by atoms with van der Waals surface area (Å²) in [4.78, 5) is 0. The zero-order valence-corrected chi connectivity index (χ0v) is 7.76. The van der Waals surface area contributed by atoms with Crippen LogP contribution in [-0.2, 0) is 0 Å². The van der Waals surface area contributed by atoms with Crippen LogP contribution in [0.5, 0.6) is 0 Å². The molecule has 2 nitrogen and oxygen atoms in total. The molecule has 0 heterocycles. The summed E-state index contributed by atoms with van der Waals surface area (Å²) in [5.74, 6) is 5.02. The fourth-order valence-corrected chi connectivity index (χ4v) is 0.956. The van der Waals surface area contributed by atoms with E-state index in [-0.39, 0.29) is 0 Å². The normalized spacial score (nSPS) is 8.36. The van der Waals surface area contributed by atoms with Gasteiger partial charge in [-0.3, -0.25) is 0 Å². The highest BCUT2D eigenvalue weighted by Gasteiger charge is 2.01. The first-order valence-electron chi connectivity index (χ1n) is 4.11. The fraction of sp³-hybridized carbons (Fsp3) is 0.182. The average Bonchev–Trinajstić information content (AvgIpc) is 2.20. The van der Waals surface area contributed by atoms with Crippen molar-refractivity contribution >= 4 is 5.69 Å². The summed E-state index contributed by atoms with van der Waals surface area (Å²) in [5.41, 5.74) is 0.682. The molecule has 0 aliphatic rings. The van der Waals surface area contributed by atoms with Crippen molar-refractivity contribution in [2.24, 2.45) is 0 Å². The molecule has 0 aliphatic heterocycles. The van der Waals surface area contributed by atoms with Crippen molar-refractivity contribution in [1.29, 1.82) is 5.26 Å². The van der Waals surface area contributed by atoms with Crippen molar-refractivity contribution in [1.82, 2.24) is 0 Å². The molecule has 0 saturated carbocycles. The van der Waals surface area contributed by atoms with E-state index in [1.54, 1.807) is 13.0 Å².